The van der Waals surface area contributed by atoms with Crippen LogP contribution in [-0.2, 0) is 23.6 Å². The molecule has 7 heteroatoms. The van der Waals surface area contributed by atoms with Crippen molar-refractivity contribution in [2.75, 3.05) is 7.05 Å². The average Bonchev–Trinajstić information content (AvgIpc) is 2.65. The van der Waals surface area contributed by atoms with E-state index in [0.29, 0.717) is 5.82 Å². The molecule has 1 heterocycles. The Labute approximate surface area is 102 Å². The Morgan fingerprint density at radius 2 is 2.29 bits per heavy atom. The van der Waals surface area contributed by atoms with E-state index in [1.807, 2.05) is 6.07 Å². The number of aryl methyl sites for hydroxylation is 1. The predicted octanol–water partition coefficient (Wildman–Crippen LogP) is 0.484. The van der Waals surface area contributed by atoms with Crippen molar-refractivity contribution >= 4 is 10.0 Å². The minimum atomic E-state index is -3.58. The van der Waals surface area contributed by atoms with Gasteiger partial charge in [0.05, 0.1) is 12.6 Å². The van der Waals surface area contributed by atoms with Crippen LogP contribution < -0.4 is 0 Å². The first-order chi connectivity index (χ1) is 7.93. The van der Waals surface area contributed by atoms with Gasteiger partial charge in [0, 0.05) is 26.5 Å². The highest BCUT2D eigenvalue weighted by Gasteiger charge is 2.28. The summed E-state index contributed by atoms with van der Waals surface area (Å²) in [5.41, 5.74) is 0. The van der Waals surface area contributed by atoms with E-state index in [1.54, 1.807) is 30.9 Å². The summed E-state index contributed by atoms with van der Waals surface area (Å²) in [7, 11) is -0.317. The average molecular weight is 256 g/mol. The molecule has 0 saturated carbocycles. The van der Waals surface area contributed by atoms with Gasteiger partial charge in [-0.2, -0.15) is 9.57 Å². The molecule has 1 unspecified atom stereocenters. The van der Waals surface area contributed by atoms with E-state index in [-0.39, 0.29) is 13.0 Å². The Hall–Kier alpha value is -1.39. The van der Waals surface area contributed by atoms with Crippen molar-refractivity contribution in [1.82, 2.24) is 13.9 Å². The Balaban J connectivity index is 2.88. The molecule has 94 valence electrons. The van der Waals surface area contributed by atoms with Crippen molar-refractivity contribution in [2.45, 2.75) is 25.1 Å². The Kier molecular flexibility index (Phi) is 4.26. The maximum absolute atomic E-state index is 12.0. The van der Waals surface area contributed by atoms with Gasteiger partial charge < -0.3 is 4.57 Å². The highest BCUT2D eigenvalue weighted by Crippen LogP contribution is 2.12. The quantitative estimate of drug-likeness (QED) is 0.767. The van der Waals surface area contributed by atoms with E-state index in [0.717, 1.165) is 0 Å². The molecule has 0 N–H and O–H groups in total. The third kappa shape index (κ3) is 2.84. The molecule has 0 saturated heterocycles. The van der Waals surface area contributed by atoms with Gasteiger partial charge in [0.1, 0.15) is 5.82 Å². The van der Waals surface area contributed by atoms with Crippen molar-refractivity contribution in [3.63, 3.8) is 0 Å². The zero-order valence-electron chi connectivity index (χ0n) is 10.2. The third-order valence-electron chi connectivity index (χ3n) is 2.59. The number of rotatable bonds is 5. The molecule has 0 amide bonds. The maximum atomic E-state index is 12.0. The van der Waals surface area contributed by atoms with E-state index in [4.69, 9.17) is 5.26 Å². The van der Waals surface area contributed by atoms with E-state index in [1.165, 1.54) is 11.4 Å². The first kappa shape index (κ1) is 13.7. The Morgan fingerprint density at radius 1 is 1.65 bits per heavy atom. The van der Waals surface area contributed by atoms with Crippen molar-refractivity contribution in [3.05, 3.63) is 18.2 Å². The molecule has 0 fully saturated rings. The van der Waals surface area contributed by atoms with Gasteiger partial charge in [-0.05, 0) is 6.42 Å². The standard InChI is InChI=1S/C10H16N4O2S/c1-4-9(7-11)17(15,16)14(3)8-10-12-5-6-13(10)2/h5-6,9H,4,8H2,1-3H3. The van der Waals surface area contributed by atoms with Gasteiger partial charge in [-0.25, -0.2) is 13.4 Å². The molecule has 0 radical (unpaired) electrons. The Morgan fingerprint density at radius 3 is 2.71 bits per heavy atom. The summed E-state index contributed by atoms with van der Waals surface area (Å²) in [5, 5.41) is 7.82. The lowest BCUT2D eigenvalue weighted by molar-refractivity contribution is 0.445. The largest absolute Gasteiger partial charge is 0.337 e. The second-order valence-corrected chi connectivity index (χ2v) is 6.00. The summed E-state index contributed by atoms with van der Waals surface area (Å²) in [5.74, 6) is 0.642. The predicted molar refractivity (Wildman–Crippen MR) is 63.3 cm³/mol. The van der Waals surface area contributed by atoms with E-state index in [9.17, 15) is 8.42 Å². The molecule has 1 aromatic rings. The summed E-state index contributed by atoms with van der Waals surface area (Å²) < 4.78 is 26.9. The molecule has 0 spiro atoms. The van der Waals surface area contributed by atoms with Crippen LogP contribution in [0.1, 0.15) is 19.2 Å². The van der Waals surface area contributed by atoms with Gasteiger partial charge in [0.2, 0.25) is 10.0 Å². The van der Waals surface area contributed by atoms with Crippen molar-refractivity contribution in [2.24, 2.45) is 7.05 Å². The molecule has 0 aliphatic rings. The van der Waals surface area contributed by atoms with Gasteiger partial charge in [-0.3, -0.25) is 0 Å². The fourth-order valence-electron chi connectivity index (χ4n) is 1.42. The molecule has 1 aromatic heterocycles. The number of nitrogens with zero attached hydrogens (tertiary/aromatic N) is 4. The molecule has 0 aliphatic carbocycles. The van der Waals surface area contributed by atoms with Crippen LogP contribution in [0.4, 0.5) is 0 Å². The maximum Gasteiger partial charge on any atom is 0.230 e. The highest BCUT2D eigenvalue weighted by molar-refractivity contribution is 7.89. The number of hydrogen-bond donors (Lipinski definition) is 0. The summed E-state index contributed by atoms with van der Waals surface area (Å²) in [6.07, 6.45) is 3.64. The van der Waals surface area contributed by atoms with Gasteiger partial charge in [-0.15, -0.1) is 0 Å². The zero-order chi connectivity index (χ0) is 13.1. The van der Waals surface area contributed by atoms with Crippen LogP contribution in [-0.4, -0.2) is 34.6 Å². The number of nitriles is 1. The van der Waals surface area contributed by atoms with Crippen LogP contribution in [0.25, 0.3) is 0 Å². The molecule has 0 bridgehead atoms. The summed E-state index contributed by atoms with van der Waals surface area (Å²) in [6.45, 7) is 1.85. The lowest BCUT2D eigenvalue weighted by atomic mass is 10.4. The lowest BCUT2D eigenvalue weighted by Crippen LogP contribution is -2.35. The van der Waals surface area contributed by atoms with Gasteiger partial charge in [-0.1, -0.05) is 6.92 Å². The van der Waals surface area contributed by atoms with Crippen LogP contribution in [0.2, 0.25) is 0 Å². The smallest absolute Gasteiger partial charge is 0.230 e. The lowest BCUT2D eigenvalue weighted by Gasteiger charge is -2.19. The van der Waals surface area contributed by atoms with Crippen molar-refractivity contribution in [3.8, 4) is 6.07 Å². The third-order valence-corrected chi connectivity index (χ3v) is 4.75. The zero-order valence-corrected chi connectivity index (χ0v) is 11.0. The van der Waals surface area contributed by atoms with Gasteiger partial charge in [0.15, 0.2) is 5.25 Å². The topological polar surface area (TPSA) is 79.0 Å². The van der Waals surface area contributed by atoms with Crippen LogP contribution in [0.3, 0.4) is 0 Å². The van der Waals surface area contributed by atoms with Gasteiger partial charge in [0.25, 0.3) is 0 Å². The molecule has 0 aliphatic heterocycles. The van der Waals surface area contributed by atoms with E-state index >= 15 is 0 Å². The first-order valence-electron chi connectivity index (χ1n) is 5.24. The van der Waals surface area contributed by atoms with E-state index < -0.39 is 15.3 Å². The molecule has 1 atom stereocenters. The van der Waals surface area contributed by atoms with Crippen molar-refractivity contribution < 1.29 is 8.42 Å². The number of sulfonamides is 1. The van der Waals surface area contributed by atoms with Crippen LogP contribution >= 0.6 is 0 Å². The first-order valence-corrected chi connectivity index (χ1v) is 6.74. The number of aromatic nitrogens is 2. The minimum Gasteiger partial charge on any atom is -0.337 e. The van der Waals surface area contributed by atoms with Gasteiger partial charge >= 0.3 is 0 Å². The monoisotopic (exact) mass is 256 g/mol. The number of hydrogen-bond acceptors (Lipinski definition) is 4. The second-order valence-electron chi connectivity index (χ2n) is 3.78. The molecular weight excluding hydrogens is 240 g/mol. The summed E-state index contributed by atoms with van der Waals surface area (Å²) in [4.78, 5) is 4.05. The second kappa shape index (κ2) is 5.29. The SMILES string of the molecule is CCC(C#N)S(=O)(=O)N(C)Cc1nccn1C. The minimum absolute atomic E-state index is 0.171. The summed E-state index contributed by atoms with van der Waals surface area (Å²) in [6, 6.07) is 1.81. The fraction of sp³-hybridized carbons (Fsp3) is 0.600. The Bertz CT molecular complexity index is 515. The molecule has 17 heavy (non-hydrogen) atoms. The van der Waals surface area contributed by atoms with Crippen molar-refractivity contribution in [1.29, 1.82) is 5.26 Å². The van der Waals surface area contributed by atoms with Crippen LogP contribution in [0, 0.1) is 11.3 Å². The molecule has 1 rings (SSSR count). The fourth-order valence-corrected chi connectivity index (χ4v) is 2.71. The van der Waals surface area contributed by atoms with Crippen LogP contribution in [0.15, 0.2) is 12.4 Å². The number of imidazole rings is 1. The normalized spacial score (nSPS) is 13.6. The van der Waals surface area contributed by atoms with E-state index in [2.05, 4.69) is 4.98 Å². The molecular formula is C10H16N4O2S. The van der Waals surface area contributed by atoms with Crippen LogP contribution in [0.5, 0.6) is 0 Å². The molecule has 6 nitrogen and oxygen atoms in total. The highest BCUT2D eigenvalue weighted by atomic mass is 32.2. The summed E-state index contributed by atoms with van der Waals surface area (Å²) >= 11 is 0. The molecule has 0 aromatic carbocycles.